The van der Waals surface area contributed by atoms with Crippen LogP contribution in [0.3, 0.4) is 0 Å². The molecule has 1 aromatic heterocycles. The van der Waals surface area contributed by atoms with E-state index in [1.54, 1.807) is 6.33 Å². The Hall–Kier alpha value is -0.970. The van der Waals surface area contributed by atoms with Gasteiger partial charge in [0.1, 0.15) is 6.33 Å². The van der Waals surface area contributed by atoms with E-state index in [0.29, 0.717) is 0 Å². The van der Waals surface area contributed by atoms with Crippen LogP contribution in [0, 0.1) is 3.57 Å². The van der Waals surface area contributed by atoms with Gasteiger partial charge in [0.05, 0.1) is 0 Å². The van der Waals surface area contributed by atoms with Crippen LogP contribution in [0.25, 0.3) is 11.1 Å². The molecule has 0 aliphatic rings. The summed E-state index contributed by atoms with van der Waals surface area (Å²) >= 11 is 2.31. The molecule has 0 radical (unpaired) electrons. The standard InChI is InChI=1S/C10H7IN2/c11-10-4-2-1-3-9(10)8-5-12-7-13-6-8/h1-7H. The van der Waals surface area contributed by atoms with E-state index in [-0.39, 0.29) is 0 Å². The zero-order chi connectivity index (χ0) is 9.10. The number of nitrogens with zero attached hydrogens (tertiary/aromatic N) is 2. The van der Waals surface area contributed by atoms with Crippen molar-refractivity contribution in [3.05, 3.63) is 46.6 Å². The summed E-state index contributed by atoms with van der Waals surface area (Å²) in [6.45, 7) is 0. The van der Waals surface area contributed by atoms with Gasteiger partial charge in [-0.3, -0.25) is 0 Å². The summed E-state index contributed by atoms with van der Waals surface area (Å²) in [5, 5.41) is 0. The number of aromatic nitrogens is 2. The molecular formula is C10H7IN2. The van der Waals surface area contributed by atoms with Crippen LogP contribution in [0.1, 0.15) is 0 Å². The first-order valence-corrected chi connectivity index (χ1v) is 4.96. The predicted octanol–water partition coefficient (Wildman–Crippen LogP) is 2.75. The molecule has 13 heavy (non-hydrogen) atoms. The fraction of sp³-hybridized carbons (Fsp3) is 0. The Kier molecular flexibility index (Phi) is 2.54. The largest absolute Gasteiger partial charge is 0.244 e. The molecule has 0 aliphatic heterocycles. The Morgan fingerprint density at radius 2 is 1.69 bits per heavy atom. The van der Waals surface area contributed by atoms with Crippen LogP contribution in [-0.4, -0.2) is 9.97 Å². The fourth-order valence-corrected chi connectivity index (χ4v) is 1.83. The van der Waals surface area contributed by atoms with Crippen LogP contribution in [0.5, 0.6) is 0 Å². The lowest BCUT2D eigenvalue weighted by atomic mass is 10.1. The van der Waals surface area contributed by atoms with Gasteiger partial charge in [0, 0.05) is 21.5 Å². The van der Waals surface area contributed by atoms with E-state index >= 15 is 0 Å². The van der Waals surface area contributed by atoms with Gasteiger partial charge in [0.2, 0.25) is 0 Å². The van der Waals surface area contributed by atoms with Gasteiger partial charge in [-0.05, 0) is 34.2 Å². The highest BCUT2D eigenvalue weighted by atomic mass is 127. The van der Waals surface area contributed by atoms with Gasteiger partial charge in [-0.2, -0.15) is 0 Å². The minimum atomic E-state index is 1.06. The Bertz CT molecular complexity index is 401. The van der Waals surface area contributed by atoms with Crippen LogP contribution in [0.4, 0.5) is 0 Å². The average Bonchev–Trinajstić information content (AvgIpc) is 2.20. The maximum Gasteiger partial charge on any atom is 0.115 e. The Morgan fingerprint density at radius 1 is 1.00 bits per heavy atom. The predicted molar refractivity (Wildman–Crippen MR) is 60.2 cm³/mol. The van der Waals surface area contributed by atoms with Crippen molar-refractivity contribution in [2.75, 3.05) is 0 Å². The van der Waals surface area contributed by atoms with Crippen molar-refractivity contribution >= 4 is 22.6 Å². The van der Waals surface area contributed by atoms with E-state index in [2.05, 4.69) is 44.7 Å². The average molecular weight is 282 g/mol. The number of hydrogen-bond acceptors (Lipinski definition) is 2. The van der Waals surface area contributed by atoms with Gasteiger partial charge in [-0.15, -0.1) is 0 Å². The molecule has 0 spiro atoms. The monoisotopic (exact) mass is 282 g/mol. The molecule has 1 heterocycles. The molecule has 0 saturated carbocycles. The molecule has 2 rings (SSSR count). The van der Waals surface area contributed by atoms with E-state index < -0.39 is 0 Å². The highest BCUT2D eigenvalue weighted by molar-refractivity contribution is 14.1. The van der Waals surface area contributed by atoms with E-state index in [1.807, 2.05) is 24.5 Å². The summed E-state index contributed by atoms with van der Waals surface area (Å²) in [4.78, 5) is 7.98. The Labute approximate surface area is 90.2 Å². The van der Waals surface area contributed by atoms with Crippen molar-refractivity contribution < 1.29 is 0 Å². The molecule has 0 unspecified atom stereocenters. The summed E-state index contributed by atoms with van der Waals surface area (Å²) in [6.07, 6.45) is 5.19. The van der Waals surface area contributed by atoms with Crippen molar-refractivity contribution in [2.24, 2.45) is 0 Å². The smallest absolute Gasteiger partial charge is 0.115 e. The molecule has 2 aromatic rings. The van der Waals surface area contributed by atoms with Crippen molar-refractivity contribution in [3.63, 3.8) is 0 Å². The Morgan fingerprint density at radius 3 is 2.38 bits per heavy atom. The molecule has 3 heteroatoms. The van der Waals surface area contributed by atoms with E-state index in [1.165, 1.54) is 9.13 Å². The minimum Gasteiger partial charge on any atom is -0.244 e. The molecule has 0 saturated heterocycles. The lowest BCUT2D eigenvalue weighted by Crippen LogP contribution is -1.84. The van der Waals surface area contributed by atoms with Gasteiger partial charge >= 0.3 is 0 Å². The molecular weight excluding hydrogens is 275 g/mol. The molecule has 2 nitrogen and oxygen atoms in total. The highest BCUT2D eigenvalue weighted by Crippen LogP contribution is 2.22. The van der Waals surface area contributed by atoms with Crippen LogP contribution in [0.15, 0.2) is 43.0 Å². The van der Waals surface area contributed by atoms with Crippen molar-refractivity contribution in [2.45, 2.75) is 0 Å². The van der Waals surface area contributed by atoms with Crippen LogP contribution in [-0.2, 0) is 0 Å². The zero-order valence-corrected chi connectivity index (χ0v) is 8.97. The second kappa shape index (κ2) is 3.83. The lowest BCUT2D eigenvalue weighted by Gasteiger charge is -2.01. The lowest BCUT2D eigenvalue weighted by molar-refractivity contribution is 1.17. The quantitative estimate of drug-likeness (QED) is 0.752. The number of rotatable bonds is 1. The van der Waals surface area contributed by atoms with E-state index in [0.717, 1.165) is 5.56 Å². The molecule has 0 amide bonds. The molecule has 0 atom stereocenters. The van der Waals surface area contributed by atoms with Gasteiger partial charge in [0.25, 0.3) is 0 Å². The van der Waals surface area contributed by atoms with E-state index in [9.17, 15) is 0 Å². The summed E-state index contributed by atoms with van der Waals surface area (Å²) in [7, 11) is 0. The fourth-order valence-electron chi connectivity index (χ4n) is 1.13. The second-order valence-corrected chi connectivity index (χ2v) is 3.77. The normalized spacial score (nSPS) is 9.92. The van der Waals surface area contributed by atoms with Crippen LogP contribution < -0.4 is 0 Å². The molecule has 0 fully saturated rings. The summed E-state index contributed by atoms with van der Waals surface area (Å²) < 4.78 is 1.22. The van der Waals surface area contributed by atoms with Gasteiger partial charge in [-0.1, -0.05) is 18.2 Å². The van der Waals surface area contributed by atoms with Crippen molar-refractivity contribution in [3.8, 4) is 11.1 Å². The SMILES string of the molecule is Ic1ccccc1-c1cncnc1. The summed E-state index contributed by atoms with van der Waals surface area (Å²) in [5.41, 5.74) is 2.25. The van der Waals surface area contributed by atoms with Crippen molar-refractivity contribution in [1.29, 1.82) is 0 Å². The maximum atomic E-state index is 3.99. The second-order valence-electron chi connectivity index (χ2n) is 2.61. The first-order chi connectivity index (χ1) is 6.38. The molecule has 64 valence electrons. The topological polar surface area (TPSA) is 25.8 Å². The summed E-state index contributed by atoms with van der Waals surface area (Å²) in [6, 6.07) is 8.18. The maximum absolute atomic E-state index is 3.99. The van der Waals surface area contributed by atoms with Gasteiger partial charge < -0.3 is 0 Å². The van der Waals surface area contributed by atoms with Gasteiger partial charge in [-0.25, -0.2) is 9.97 Å². The van der Waals surface area contributed by atoms with Crippen LogP contribution in [0.2, 0.25) is 0 Å². The first-order valence-electron chi connectivity index (χ1n) is 3.88. The minimum absolute atomic E-state index is 1.06. The Balaban J connectivity index is 2.54. The third-order valence-corrected chi connectivity index (χ3v) is 2.69. The first kappa shape index (κ1) is 8.62. The van der Waals surface area contributed by atoms with Crippen LogP contribution >= 0.6 is 22.6 Å². The molecule has 0 bridgehead atoms. The zero-order valence-electron chi connectivity index (χ0n) is 6.81. The number of hydrogen-bond donors (Lipinski definition) is 0. The van der Waals surface area contributed by atoms with Crippen molar-refractivity contribution in [1.82, 2.24) is 9.97 Å². The molecule has 0 aliphatic carbocycles. The number of benzene rings is 1. The number of halogens is 1. The highest BCUT2D eigenvalue weighted by Gasteiger charge is 2.00. The van der Waals surface area contributed by atoms with Gasteiger partial charge in [0.15, 0.2) is 0 Å². The van der Waals surface area contributed by atoms with E-state index in [4.69, 9.17) is 0 Å². The third-order valence-electron chi connectivity index (χ3n) is 1.75. The molecule has 1 aromatic carbocycles. The summed E-state index contributed by atoms with van der Waals surface area (Å²) in [5.74, 6) is 0. The third kappa shape index (κ3) is 1.85. The molecule has 0 N–H and O–H groups in total.